The summed E-state index contributed by atoms with van der Waals surface area (Å²) in [5, 5.41) is 3.13. The normalized spacial score (nSPS) is 17.2. The Hall–Kier alpha value is -1.70. The van der Waals surface area contributed by atoms with Crippen molar-refractivity contribution >= 4 is 11.6 Å². The minimum Gasteiger partial charge on any atom is -0.374 e. The lowest BCUT2D eigenvalue weighted by molar-refractivity contribution is -0.137. The number of nitrogens with zero attached hydrogens (tertiary/aromatic N) is 2. The third-order valence-corrected chi connectivity index (χ3v) is 4.83. The van der Waals surface area contributed by atoms with Gasteiger partial charge in [0, 0.05) is 17.8 Å². The summed E-state index contributed by atoms with van der Waals surface area (Å²) in [7, 11) is 0. The molecule has 0 unspecified atom stereocenters. The monoisotopic (exact) mass is 385 g/mol. The van der Waals surface area contributed by atoms with Crippen LogP contribution >= 0.6 is 11.6 Å². The summed E-state index contributed by atoms with van der Waals surface area (Å²) in [6.45, 7) is 2.06. The Bertz CT molecular complexity index is 734. The smallest absolute Gasteiger partial charge is 0.374 e. The number of rotatable bonds is 5. The predicted octanol–water partition coefficient (Wildman–Crippen LogP) is 3.99. The first-order valence-electron chi connectivity index (χ1n) is 8.32. The Morgan fingerprint density at radius 1 is 1.23 bits per heavy atom. The summed E-state index contributed by atoms with van der Waals surface area (Å²) in [6.07, 6.45) is 0.819. The molecule has 2 aromatic heterocycles. The van der Waals surface area contributed by atoms with E-state index in [1.165, 1.54) is 0 Å². The van der Waals surface area contributed by atoms with E-state index in [0.29, 0.717) is 6.61 Å². The fraction of sp³-hybridized carbons (Fsp3) is 0.444. The molecule has 140 valence electrons. The number of pyridine rings is 2. The highest BCUT2D eigenvalue weighted by molar-refractivity contribution is 6.29. The van der Waals surface area contributed by atoms with Crippen molar-refractivity contribution in [3.63, 3.8) is 0 Å². The largest absolute Gasteiger partial charge is 0.416 e. The Morgan fingerprint density at radius 3 is 2.65 bits per heavy atom. The number of halogens is 4. The molecule has 0 aromatic carbocycles. The first kappa shape index (κ1) is 19.1. The SMILES string of the molecule is FC(F)(F)c1cc(Cl)nc(COCC2(c3cccnc3)CCNCC2)c1. The second kappa shape index (κ2) is 7.90. The van der Waals surface area contributed by atoms with Crippen molar-refractivity contribution in [2.75, 3.05) is 19.7 Å². The van der Waals surface area contributed by atoms with E-state index in [0.717, 1.165) is 43.6 Å². The lowest BCUT2D eigenvalue weighted by atomic mass is 9.74. The van der Waals surface area contributed by atoms with Crippen molar-refractivity contribution < 1.29 is 17.9 Å². The maximum absolute atomic E-state index is 12.9. The van der Waals surface area contributed by atoms with Crippen LogP contribution in [0.4, 0.5) is 13.2 Å². The van der Waals surface area contributed by atoms with Crippen LogP contribution in [-0.4, -0.2) is 29.7 Å². The molecule has 1 N–H and O–H groups in total. The highest BCUT2D eigenvalue weighted by atomic mass is 35.5. The number of hydrogen-bond donors (Lipinski definition) is 1. The van der Waals surface area contributed by atoms with Gasteiger partial charge in [0.2, 0.25) is 0 Å². The van der Waals surface area contributed by atoms with Gasteiger partial charge < -0.3 is 10.1 Å². The Morgan fingerprint density at radius 2 is 2.00 bits per heavy atom. The summed E-state index contributed by atoms with van der Waals surface area (Å²) in [5.41, 5.74) is 0.224. The first-order chi connectivity index (χ1) is 12.4. The molecule has 2 aromatic rings. The van der Waals surface area contributed by atoms with Gasteiger partial charge in [0.1, 0.15) is 5.15 Å². The number of piperidine rings is 1. The van der Waals surface area contributed by atoms with Gasteiger partial charge in [0.05, 0.1) is 24.5 Å². The van der Waals surface area contributed by atoms with Crippen molar-refractivity contribution in [2.45, 2.75) is 31.0 Å². The third-order valence-electron chi connectivity index (χ3n) is 4.64. The molecule has 1 fully saturated rings. The minimum atomic E-state index is -4.46. The molecular weight excluding hydrogens is 367 g/mol. The van der Waals surface area contributed by atoms with Gasteiger partial charge in [0.25, 0.3) is 0 Å². The van der Waals surface area contributed by atoms with Crippen molar-refractivity contribution in [3.05, 3.63) is 58.6 Å². The molecule has 1 aliphatic rings. The zero-order chi connectivity index (χ0) is 18.6. The zero-order valence-corrected chi connectivity index (χ0v) is 14.8. The van der Waals surface area contributed by atoms with Crippen LogP contribution in [0.3, 0.4) is 0 Å². The van der Waals surface area contributed by atoms with E-state index in [1.807, 2.05) is 18.3 Å². The Labute approximate surface area is 154 Å². The summed E-state index contributed by atoms with van der Waals surface area (Å²) < 4.78 is 44.5. The Kier molecular flexibility index (Phi) is 5.79. The van der Waals surface area contributed by atoms with E-state index in [4.69, 9.17) is 16.3 Å². The second-order valence-corrected chi connectivity index (χ2v) is 6.82. The van der Waals surface area contributed by atoms with E-state index in [9.17, 15) is 13.2 Å². The lowest BCUT2D eigenvalue weighted by Crippen LogP contribution is -2.43. The molecule has 0 amide bonds. The highest BCUT2D eigenvalue weighted by Crippen LogP contribution is 2.34. The highest BCUT2D eigenvalue weighted by Gasteiger charge is 2.35. The summed E-state index contributed by atoms with van der Waals surface area (Å²) in [4.78, 5) is 8.13. The van der Waals surface area contributed by atoms with Crippen LogP contribution in [0.5, 0.6) is 0 Å². The van der Waals surface area contributed by atoms with Crippen LogP contribution in [0.15, 0.2) is 36.7 Å². The quantitative estimate of drug-likeness (QED) is 0.791. The zero-order valence-electron chi connectivity index (χ0n) is 14.0. The van der Waals surface area contributed by atoms with Gasteiger partial charge in [0.15, 0.2) is 0 Å². The molecule has 0 atom stereocenters. The average molecular weight is 386 g/mol. The fourth-order valence-corrected chi connectivity index (χ4v) is 3.46. The first-order valence-corrected chi connectivity index (χ1v) is 8.69. The van der Waals surface area contributed by atoms with E-state index in [-0.39, 0.29) is 22.9 Å². The van der Waals surface area contributed by atoms with Gasteiger partial charge in [-0.05, 0) is 49.7 Å². The molecule has 0 radical (unpaired) electrons. The van der Waals surface area contributed by atoms with Crippen molar-refractivity contribution in [1.29, 1.82) is 0 Å². The van der Waals surface area contributed by atoms with Gasteiger partial charge >= 0.3 is 6.18 Å². The predicted molar refractivity (Wildman–Crippen MR) is 91.9 cm³/mol. The van der Waals surface area contributed by atoms with Crippen LogP contribution in [0.25, 0.3) is 0 Å². The molecule has 8 heteroatoms. The molecule has 1 aliphatic heterocycles. The average Bonchev–Trinajstić information content (AvgIpc) is 2.62. The third kappa shape index (κ3) is 4.52. The second-order valence-electron chi connectivity index (χ2n) is 6.43. The molecule has 3 heterocycles. The van der Waals surface area contributed by atoms with Crippen molar-refractivity contribution in [1.82, 2.24) is 15.3 Å². The summed E-state index contributed by atoms with van der Waals surface area (Å²) >= 11 is 5.72. The topological polar surface area (TPSA) is 47.0 Å². The van der Waals surface area contributed by atoms with Crippen LogP contribution in [-0.2, 0) is 22.9 Å². The van der Waals surface area contributed by atoms with Crippen LogP contribution < -0.4 is 5.32 Å². The van der Waals surface area contributed by atoms with Crippen LogP contribution in [0, 0.1) is 0 Å². The standard InChI is InChI=1S/C18H19ClF3N3O/c19-16-9-14(18(20,21)22)8-15(25-16)11-26-12-17(3-6-23-7-4-17)13-2-1-5-24-10-13/h1-2,5,8-10,23H,3-4,6-7,11-12H2. The van der Waals surface area contributed by atoms with Gasteiger partial charge in [-0.3, -0.25) is 4.98 Å². The lowest BCUT2D eigenvalue weighted by Gasteiger charge is -2.37. The van der Waals surface area contributed by atoms with Gasteiger partial charge in [-0.15, -0.1) is 0 Å². The van der Waals surface area contributed by atoms with Crippen LogP contribution in [0.1, 0.15) is 29.7 Å². The van der Waals surface area contributed by atoms with Crippen molar-refractivity contribution in [3.8, 4) is 0 Å². The molecule has 0 aliphatic carbocycles. The van der Waals surface area contributed by atoms with E-state index >= 15 is 0 Å². The molecule has 0 bridgehead atoms. The molecule has 26 heavy (non-hydrogen) atoms. The number of hydrogen-bond acceptors (Lipinski definition) is 4. The number of alkyl halides is 3. The van der Waals surface area contributed by atoms with E-state index in [2.05, 4.69) is 15.3 Å². The molecule has 0 spiro atoms. The Balaban J connectivity index is 1.72. The number of aromatic nitrogens is 2. The van der Waals surface area contributed by atoms with Gasteiger partial charge in [-0.2, -0.15) is 13.2 Å². The number of ether oxygens (including phenoxy) is 1. The molecule has 3 rings (SSSR count). The maximum Gasteiger partial charge on any atom is 0.416 e. The number of nitrogens with one attached hydrogen (secondary N) is 1. The molecule has 4 nitrogen and oxygen atoms in total. The van der Waals surface area contributed by atoms with Gasteiger partial charge in [-0.1, -0.05) is 17.7 Å². The summed E-state index contributed by atoms with van der Waals surface area (Å²) in [5.74, 6) is 0. The van der Waals surface area contributed by atoms with Crippen LogP contribution in [0.2, 0.25) is 5.15 Å². The van der Waals surface area contributed by atoms with E-state index in [1.54, 1.807) is 6.20 Å². The molecule has 0 saturated carbocycles. The molecule has 1 saturated heterocycles. The maximum atomic E-state index is 12.9. The minimum absolute atomic E-state index is 0.0287. The molecular formula is C18H19ClF3N3O. The summed E-state index contributed by atoms with van der Waals surface area (Å²) in [6, 6.07) is 5.69. The van der Waals surface area contributed by atoms with Crippen molar-refractivity contribution in [2.24, 2.45) is 0 Å². The van der Waals surface area contributed by atoms with E-state index < -0.39 is 11.7 Å². The fourth-order valence-electron chi connectivity index (χ4n) is 3.24. The van der Waals surface area contributed by atoms with Gasteiger partial charge in [-0.25, -0.2) is 4.98 Å².